The van der Waals surface area contributed by atoms with Crippen molar-refractivity contribution in [1.29, 1.82) is 0 Å². The summed E-state index contributed by atoms with van der Waals surface area (Å²) in [4.78, 5) is 1.04. The molecule has 2 rings (SSSR count). The third-order valence-electron chi connectivity index (χ3n) is 2.78. The lowest BCUT2D eigenvalue weighted by molar-refractivity contribution is 0.531. The molecule has 0 aliphatic rings. The molecule has 1 unspecified atom stereocenters. The van der Waals surface area contributed by atoms with Crippen LogP contribution in [-0.2, 0) is 0 Å². The SMILES string of the molecule is NNC(CSc1ccccc1Br)c1ccc(F)cc1F. The molecule has 20 heavy (non-hydrogen) atoms. The summed E-state index contributed by atoms with van der Waals surface area (Å²) in [7, 11) is 0. The highest BCUT2D eigenvalue weighted by Gasteiger charge is 2.16. The maximum absolute atomic E-state index is 13.7. The number of halogens is 3. The fourth-order valence-corrected chi connectivity index (χ4v) is 3.38. The minimum Gasteiger partial charge on any atom is -0.271 e. The van der Waals surface area contributed by atoms with E-state index in [1.165, 1.54) is 23.9 Å². The average Bonchev–Trinajstić information content (AvgIpc) is 2.43. The van der Waals surface area contributed by atoms with Crippen LogP contribution in [0.25, 0.3) is 0 Å². The number of rotatable bonds is 5. The molecule has 0 radical (unpaired) electrons. The zero-order chi connectivity index (χ0) is 14.5. The predicted molar refractivity (Wildman–Crippen MR) is 81.3 cm³/mol. The molecule has 0 saturated carbocycles. The normalized spacial score (nSPS) is 12.4. The first-order valence-electron chi connectivity index (χ1n) is 5.90. The molecule has 1 atom stereocenters. The largest absolute Gasteiger partial charge is 0.271 e. The van der Waals surface area contributed by atoms with Gasteiger partial charge in [0.15, 0.2) is 0 Å². The van der Waals surface area contributed by atoms with E-state index in [-0.39, 0.29) is 0 Å². The van der Waals surface area contributed by atoms with Crippen molar-refractivity contribution >= 4 is 27.7 Å². The molecule has 2 aromatic carbocycles. The van der Waals surface area contributed by atoms with Crippen LogP contribution in [0.1, 0.15) is 11.6 Å². The molecule has 0 aromatic heterocycles. The third-order valence-corrected chi connectivity index (χ3v) is 4.90. The van der Waals surface area contributed by atoms with Crippen LogP contribution in [0.5, 0.6) is 0 Å². The highest BCUT2D eigenvalue weighted by molar-refractivity contribution is 9.10. The van der Waals surface area contributed by atoms with Gasteiger partial charge < -0.3 is 0 Å². The van der Waals surface area contributed by atoms with Crippen molar-refractivity contribution in [3.8, 4) is 0 Å². The first-order chi connectivity index (χ1) is 9.61. The van der Waals surface area contributed by atoms with E-state index in [1.54, 1.807) is 0 Å². The van der Waals surface area contributed by atoms with Crippen molar-refractivity contribution in [3.05, 3.63) is 64.1 Å². The second-order valence-electron chi connectivity index (χ2n) is 4.13. The van der Waals surface area contributed by atoms with Crippen molar-refractivity contribution < 1.29 is 8.78 Å². The van der Waals surface area contributed by atoms with E-state index < -0.39 is 17.7 Å². The Labute approximate surface area is 128 Å². The molecule has 2 nitrogen and oxygen atoms in total. The Morgan fingerprint density at radius 3 is 2.60 bits per heavy atom. The Morgan fingerprint density at radius 1 is 1.20 bits per heavy atom. The molecule has 0 saturated heterocycles. The van der Waals surface area contributed by atoms with Crippen molar-refractivity contribution in [2.75, 3.05) is 5.75 Å². The van der Waals surface area contributed by atoms with E-state index in [2.05, 4.69) is 21.4 Å². The monoisotopic (exact) mass is 358 g/mol. The Morgan fingerprint density at radius 2 is 1.95 bits per heavy atom. The second-order valence-corrected chi connectivity index (χ2v) is 6.04. The van der Waals surface area contributed by atoms with Crippen molar-refractivity contribution in [1.82, 2.24) is 5.43 Å². The Kier molecular flexibility index (Phi) is 5.54. The van der Waals surface area contributed by atoms with Gasteiger partial charge in [0.1, 0.15) is 11.6 Å². The van der Waals surface area contributed by atoms with E-state index in [9.17, 15) is 8.78 Å². The van der Waals surface area contributed by atoms with E-state index in [4.69, 9.17) is 5.84 Å². The summed E-state index contributed by atoms with van der Waals surface area (Å²) in [5.74, 6) is 4.81. The van der Waals surface area contributed by atoms with Crippen LogP contribution in [0.3, 0.4) is 0 Å². The van der Waals surface area contributed by atoms with Crippen molar-refractivity contribution in [2.24, 2.45) is 5.84 Å². The van der Waals surface area contributed by atoms with Crippen LogP contribution in [-0.4, -0.2) is 5.75 Å². The standard InChI is InChI=1S/C14H13BrF2N2S/c15-11-3-1-2-4-14(11)20-8-13(19-18)10-6-5-9(16)7-12(10)17/h1-7,13,19H,8,18H2. The summed E-state index contributed by atoms with van der Waals surface area (Å²) < 4.78 is 27.6. The number of hydrazine groups is 1. The summed E-state index contributed by atoms with van der Waals surface area (Å²) in [6.07, 6.45) is 0. The van der Waals surface area contributed by atoms with Gasteiger partial charge in [0, 0.05) is 26.8 Å². The van der Waals surface area contributed by atoms with Crippen LogP contribution in [0.2, 0.25) is 0 Å². The highest BCUT2D eigenvalue weighted by Crippen LogP contribution is 2.30. The van der Waals surface area contributed by atoms with Gasteiger partial charge in [0.25, 0.3) is 0 Å². The van der Waals surface area contributed by atoms with Gasteiger partial charge in [0.05, 0.1) is 6.04 Å². The van der Waals surface area contributed by atoms with Crippen molar-refractivity contribution in [2.45, 2.75) is 10.9 Å². The maximum Gasteiger partial charge on any atom is 0.130 e. The molecule has 3 N–H and O–H groups in total. The van der Waals surface area contributed by atoms with Gasteiger partial charge in [-0.25, -0.2) is 8.78 Å². The molecule has 0 spiro atoms. The van der Waals surface area contributed by atoms with Gasteiger partial charge in [-0.05, 0) is 34.1 Å². The van der Waals surface area contributed by atoms with Crippen LogP contribution >= 0.6 is 27.7 Å². The Balaban J connectivity index is 2.11. The van der Waals surface area contributed by atoms with Gasteiger partial charge >= 0.3 is 0 Å². The topological polar surface area (TPSA) is 38.0 Å². The third kappa shape index (κ3) is 3.79. The quantitative estimate of drug-likeness (QED) is 0.481. The van der Waals surface area contributed by atoms with E-state index in [0.29, 0.717) is 11.3 Å². The van der Waals surface area contributed by atoms with Gasteiger partial charge in [-0.1, -0.05) is 18.2 Å². The van der Waals surface area contributed by atoms with Gasteiger partial charge in [-0.2, -0.15) is 0 Å². The minimum atomic E-state index is -0.597. The maximum atomic E-state index is 13.7. The van der Waals surface area contributed by atoms with Crippen LogP contribution in [0.4, 0.5) is 8.78 Å². The molecule has 0 amide bonds. The molecule has 0 bridgehead atoms. The first-order valence-corrected chi connectivity index (χ1v) is 7.68. The summed E-state index contributed by atoms with van der Waals surface area (Å²) in [6.45, 7) is 0. The molecule has 2 aromatic rings. The van der Waals surface area contributed by atoms with Gasteiger partial charge in [-0.15, -0.1) is 11.8 Å². The number of benzene rings is 2. The summed E-state index contributed by atoms with van der Waals surface area (Å²) in [5.41, 5.74) is 2.92. The number of hydrogen-bond donors (Lipinski definition) is 2. The Hall–Kier alpha value is -0.950. The summed E-state index contributed by atoms with van der Waals surface area (Å²) in [6, 6.07) is 10.9. The predicted octanol–water partition coefficient (Wildman–Crippen LogP) is 4.02. The zero-order valence-electron chi connectivity index (χ0n) is 10.4. The molecular formula is C14H13BrF2N2S. The molecule has 0 aliphatic carbocycles. The zero-order valence-corrected chi connectivity index (χ0v) is 12.8. The number of nitrogens with two attached hydrogens (primary N) is 1. The molecule has 0 aliphatic heterocycles. The van der Waals surface area contributed by atoms with Crippen molar-refractivity contribution in [3.63, 3.8) is 0 Å². The summed E-state index contributed by atoms with van der Waals surface area (Å²) >= 11 is 4.99. The molecule has 0 heterocycles. The van der Waals surface area contributed by atoms with Gasteiger partial charge in [0.2, 0.25) is 0 Å². The lowest BCUT2D eigenvalue weighted by atomic mass is 10.1. The molecular weight excluding hydrogens is 346 g/mol. The lowest BCUT2D eigenvalue weighted by Gasteiger charge is -2.17. The van der Waals surface area contributed by atoms with E-state index in [1.807, 2.05) is 24.3 Å². The Bertz CT molecular complexity index is 595. The first kappa shape index (κ1) is 15.4. The van der Waals surface area contributed by atoms with Gasteiger partial charge in [-0.3, -0.25) is 11.3 Å². The summed E-state index contributed by atoms with van der Waals surface area (Å²) in [5, 5.41) is 0. The lowest BCUT2D eigenvalue weighted by Crippen LogP contribution is -2.30. The average molecular weight is 359 g/mol. The van der Waals surface area contributed by atoms with E-state index in [0.717, 1.165) is 15.4 Å². The fourth-order valence-electron chi connectivity index (χ4n) is 1.75. The van der Waals surface area contributed by atoms with Crippen LogP contribution in [0, 0.1) is 11.6 Å². The second kappa shape index (κ2) is 7.17. The fraction of sp³-hybridized carbons (Fsp3) is 0.143. The molecule has 106 valence electrons. The number of hydrogen-bond acceptors (Lipinski definition) is 3. The van der Waals surface area contributed by atoms with E-state index >= 15 is 0 Å². The highest BCUT2D eigenvalue weighted by atomic mass is 79.9. The minimum absolute atomic E-state index is 0.355. The van der Waals surface area contributed by atoms with Crippen LogP contribution < -0.4 is 11.3 Å². The molecule has 0 fully saturated rings. The number of nitrogens with one attached hydrogen (secondary N) is 1. The van der Waals surface area contributed by atoms with Crippen LogP contribution in [0.15, 0.2) is 51.8 Å². The molecule has 6 heteroatoms. The number of thioether (sulfide) groups is 1. The smallest absolute Gasteiger partial charge is 0.130 e.